The third kappa shape index (κ3) is 4.98. The van der Waals surface area contributed by atoms with Crippen LogP contribution in [-0.4, -0.2) is 0 Å². The molecule has 3 nitrogen and oxygen atoms in total. The molecule has 0 radical (unpaired) electrons. The van der Waals surface area contributed by atoms with E-state index in [-0.39, 0.29) is 0 Å². The predicted octanol–water partition coefficient (Wildman–Crippen LogP) is 14.0. The maximum atomic E-state index is 10.3. The van der Waals surface area contributed by atoms with Crippen molar-refractivity contribution >= 4 is 60.9 Å². The largest absolute Gasteiger partial charge is 0.456 e. The second-order valence-corrected chi connectivity index (χ2v) is 10.5. The fraction of sp³-hybridized carbons (Fsp3) is 0. The average Bonchev–Trinajstić information content (AvgIpc) is 4.19. The highest BCUT2D eigenvalue weighted by Crippen LogP contribution is 2.46. The first kappa shape index (κ1) is 11.6. The Labute approximate surface area is 338 Å². The lowest BCUT2D eigenvalue weighted by molar-refractivity contribution is 0.663. The molecule has 10 aromatic rings. The van der Waals surface area contributed by atoms with Crippen molar-refractivity contribution in [2.24, 2.45) is 0 Å². The molecule has 3 heteroatoms. The summed E-state index contributed by atoms with van der Waals surface area (Å²) in [5.74, 6) is 0. The molecule has 240 valence electrons. The molecule has 0 spiro atoms. The molecule has 0 aliphatic heterocycles. The number of fused-ring (bicyclic) bond motifs is 7. The number of hydrogen-bond donors (Lipinski definition) is 0. The van der Waals surface area contributed by atoms with Crippen LogP contribution < -0.4 is 4.90 Å². The summed E-state index contributed by atoms with van der Waals surface area (Å²) in [5.41, 5.74) is -11.8. The summed E-state index contributed by atoms with van der Waals surface area (Å²) in [6, 6.07) is -32.5. The fourth-order valence-electron chi connectivity index (χ4n) is 5.47. The highest BCUT2D eigenvalue weighted by atomic mass is 16.3. The first-order chi connectivity index (χ1) is 38.2. The summed E-state index contributed by atoms with van der Waals surface area (Å²) in [7, 11) is 0. The summed E-state index contributed by atoms with van der Waals surface area (Å²) in [4.78, 5) is 0.317. The van der Waals surface area contributed by atoms with Crippen molar-refractivity contribution in [1.29, 1.82) is 0 Å². The Morgan fingerprint density at radius 3 is 1.41 bits per heavy atom. The van der Waals surface area contributed by atoms with Gasteiger partial charge in [0.25, 0.3) is 0 Å². The number of nitrogens with zero attached hydrogens (tertiary/aromatic N) is 1. The van der Waals surface area contributed by atoms with Crippen LogP contribution in [0, 0.1) is 0 Å². The molecule has 10 rings (SSSR count). The summed E-state index contributed by atoms with van der Waals surface area (Å²) in [5, 5.41) is -2.24. The van der Waals surface area contributed by atoms with Crippen molar-refractivity contribution in [2.75, 3.05) is 4.90 Å². The van der Waals surface area contributed by atoms with Crippen molar-refractivity contribution in [3.05, 3.63) is 187 Å². The number of para-hydroxylation sites is 1. The van der Waals surface area contributed by atoms with E-state index >= 15 is 0 Å². The topological polar surface area (TPSA) is 29.5 Å². The molecule has 0 N–H and O–H groups in total. The SMILES string of the molecule is [2H]c1c([2H])c([2H])c(-c2c([2H])c([2H])c(N(c3c([2H])c([2H])c(-c4c([2H])c([2H])c([2H])c([2H])c4[2H])c([2H])c3[2H])c3c([2H])c(-c4c([2H])c([2H])c([2H])c([2H])c4[2H])c4oc5c([2H])c([2H])c6oc7c([2H])c([2H])c([2H])c([2H])c7c6c5c4c3[2H])c([2H])c2[2H])c([2H])c1[2H]. The zero-order valence-corrected chi connectivity index (χ0v) is 25.3. The first-order valence-corrected chi connectivity index (χ1v) is 14.7. The predicted molar refractivity (Wildman–Crippen MR) is 212 cm³/mol. The Balaban J connectivity index is 1.51. The molecule has 51 heavy (non-hydrogen) atoms. The van der Waals surface area contributed by atoms with Crippen molar-refractivity contribution in [1.82, 2.24) is 0 Å². The first-order valence-electron chi connectivity index (χ1n) is 30.2. The van der Waals surface area contributed by atoms with Crippen LogP contribution >= 0.6 is 0 Å². The smallest absolute Gasteiger partial charge is 0.143 e. The van der Waals surface area contributed by atoms with E-state index in [1.54, 1.807) is 0 Å². The van der Waals surface area contributed by atoms with Gasteiger partial charge in [0.1, 0.15) is 22.3 Å². The maximum Gasteiger partial charge on any atom is 0.143 e. The summed E-state index contributed by atoms with van der Waals surface area (Å²) in [6.07, 6.45) is 0. The lowest BCUT2D eigenvalue weighted by atomic mass is 9.98. The van der Waals surface area contributed by atoms with Gasteiger partial charge >= 0.3 is 0 Å². The van der Waals surface area contributed by atoms with Crippen molar-refractivity contribution in [3.8, 4) is 33.4 Å². The van der Waals surface area contributed by atoms with Crippen molar-refractivity contribution in [2.45, 2.75) is 0 Å². The zero-order chi connectivity index (χ0) is 60.7. The zero-order valence-electron chi connectivity index (χ0n) is 56.3. The standard InChI is InChI=1S/C48H31NO2/c1-4-12-32(13-5-1)34-20-24-37(25-21-34)49(38-26-22-35(23-27-38)33-14-6-2-7-15-33)39-30-41(36-16-8-3-9-17-36)48-42(31-39)47-45(51-48)29-28-44-46(47)40-18-10-11-19-43(40)50-44/h1-31H/i1D,2D,3D,4D,5D,6D,7D,8D,9D,10D,11D,12D,13D,14D,15D,16D,17D,18D,19D,20D,21D,22D,23D,24D,25D,26D,27D,28D,29D,30D,31D. The van der Waals surface area contributed by atoms with Gasteiger partial charge in [-0.25, -0.2) is 0 Å². The van der Waals surface area contributed by atoms with E-state index in [1.165, 1.54) is 0 Å². The molecule has 8 aromatic carbocycles. The minimum absolute atomic E-state index is 0.317. The summed E-state index contributed by atoms with van der Waals surface area (Å²) >= 11 is 0. The fourth-order valence-corrected chi connectivity index (χ4v) is 5.47. The van der Waals surface area contributed by atoms with Gasteiger partial charge in [0, 0.05) is 44.2 Å². The molecular weight excluding hydrogens is 623 g/mol. The monoisotopic (exact) mass is 684 g/mol. The maximum absolute atomic E-state index is 10.3. The molecule has 0 amide bonds. The minimum atomic E-state index is -1.32. The van der Waals surface area contributed by atoms with Crippen LogP contribution in [0.25, 0.3) is 77.3 Å². The lowest BCUT2D eigenvalue weighted by Crippen LogP contribution is -2.10. The second kappa shape index (κ2) is 11.9. The highest BCUT2D eigenvalue weighted by Gasteiger charge is 2.22. The molecular formula is C48H31NO2. The van der Waals surface area contributed by atoms with E-state index in [0.29, 0.717) is 4.90 Å². The average molecular weight is 685 g/mol. The summed E-state index contributed by atoms with van der Waals surface area (Å²) < 4.78 is 290. The minimum Gasteiger partial charge on any atom is -0.456 e. The van der Waals surface area contributed by atoms with Gasteiger partial charge in [-0.1, -0.05) is 133 Å². The van der Waals surface area contributed by atoms with Crippen molar-refractivity contribution in [3.63, 3.8) is 0 Å². The quantitative estimate of drug-likeness (QED) is 0.175. The molecule has 0 saturated heterocycles. The highest BCUT2D eigenvalue weighted by molar-refractivity contribution is 6.27. The van der Waals surface area contributed by atoms with Crippen LogP contribution in [0.1, 0.15) is 42.5 Å². The van der Waals surface area contributed by atoms with Gasteiger partial charge in [-0.3, -0.25) is 0 Å². The van der Waals surface area contributed by atoms with Gasteiger partial charge in [0.15, 0.2) is 0 Å². The van der Waals surface area contributed by atoms with Gasteiger partial charge in [-0.15, -0.1) is 0 Å². The van der Waals surface area contributed by atoms with Crippen molar-refractivity contribution < 1.29 is 51.3 Å². The van der Waals surface area contributed by atoms with E-state index in [0.717, 1.165) is 0 Å². The Hall–Kier alpha value is -6.84. The number of anilines is 3. The second-order valence-electron chi connectivity index (χ2n) is 10.5. The van der Waals surface area contributed by atoms with E-state index < -0.39 is 282 Å². The lowest BCUT2D eigenvalue weighted by Gasteiger charge is -2.27. The molecule has 2 heterocycles. The third-order valence-corrected chi connectivity index (χ3v) is 7.64. The molecule has 2 aromatic heterocycles. The number of benzene rings is 8. The van der Waals surface area contributed by atoms with Crippen LogP contribution in [0.15, 0.2) is 196 Å². The molecule has 0 fully saturated rings. The Morgan fingerprint density at radius 1 is 0.353 bits per heavy atom. The number of furan rings is 2. The third-order valence-electron chi connectivity index (χ3n) is 7.64. The van der Waals surface area contributed by atoms with Crippen LogP contribution in [0.4, 0.5) is 17.1 Å². The van der Waals surface area contributed by atoms with Crippen LogP contribution in [0.2, 0.25) is 0 Å². The van der Waals surface area contributed by atoms with E-state index in [1.807, 2.05) is 0 Å². The molecule has 0 aliphatic rings. The van der Waals surface area contributed by atoms with Crippen LogP contribution in [-0.2, 0) is 0 Å². The Bertz CT molecular complexity index is 4380. The van der Waals surface area contributed by atoms with E-state index in [9.17, 15) is 15.1 Å². The van der Waals surface area contributed by atoms with Gasteiger partial charge in [0.2, 0.25) is 0 Å². The van der Waals surface area contributed by atoms with E-state index in [2.05, 4.69) is 0 Å². The van der Waals surface area contributed by atoms with Gasteiger partial charge < -0.3 is 13.7 Å². The summed E-state index contributed by atoms with van der Waals surface area (Å²) in [6.45, 7) is 0. The van der Waals surface area contributed by atoms with Gasteiger partial charge in [-0.2, -0.15) is 0 Å². The normalized spacial score (nSPS) is 20.0. The van der Waals surface area contributed by atoms with Gasteiger partial charge in [-0.05, 0) is 82.2 Å². The molecule has 0 unspecified atom stereocenters. The van der Waals surface area contributed by atoms with Gasteiger partial charge in [0.05, 0.1) is 42.5 Å². The van der Waals surface area contributed by atoms with E-state index in [4.69, 9.17) is 36.2 Å². The molecule has 0 saturated carbocycles. The molecule has 0 bridgehead atoms. The Morgan fingerprint density at radius 2 is 0.824 bits per heavy atom. The Kier molecular flexibility index (Phi) is 2.72. The van der Waals surface area contributed by atoms with Crippen LogP contribution in [0.3, 0.4) is 0 Å². The molecule has 0 atom stereocenters. The number of hydrogen-bond acceptors (Lipinski definition) is 3. The van der Waals surface area contributed by atoms with Crippen LogP contribution in [0.5, 0.6) is 0 Å². The number of rotatable bonds is 6. The molecule has 0 aliphatic carbocycles.